The molecule has 0 aliphatic rings. The minimum absolute atomic E-state index is 0.118. The van der Waals surface area contributed by atoms with Crippen LogP contribution < -0.4 is 0 Å². The number of hydrogen-bond donors (Lipinski definition) is 0. The lowest BCUT2D eigenvalue weighted by atomic mass is 10.1. The fourth-order valence-corrected chi connectivity index (χ4v) is 2.28. The molecule has 0 amide bonds. The Balaban J connectivity index is 2.67. The highest BCUT2D eigenvalue weighted by Crippen LogP contribution is 2.45. The van der Waals surface area contributed by atoms with Gasteiger partial charge in [-0.25, -0.2) is 4.98 Å². The number of halogens is 8. The highest BCUT2D eigenvalue weighted by atomic mass is 32.1. The lowest BCUT2D eigenvalue weighted by molar-refractivity contribution is -0.291. The lowest BCUT2D eigenvalue weighted by Gasteiger charge is -2.20. The van der Waals surface area contributed by atoms with Crippen molar-refractivity contribution in [2.24, 2.45) is 0 Å². The van der Waals surface area contributed by atoms with Gasteiger partial charge in [0.15, 0.2) is 0 Å². The largest absolute Gasteiger partial charge is 0.459 e. The topological polar surface area (TPSA) is 12.9 Å². The van der Waals surface area contributed by atoms with Gasteiger partial charge < -0.3 is 0 Å². The van der Waals surface area contributed by atoms with Crippen molar-refractivity contribution in [3.05, 3.63) is 41.0 Å². The Morgan fingerprint density at radius 1 is 0.864 bits per heavy atom. The van der Waals surface area contributed by atoms with E-state index in [9.17, 15) is 35.1 Å². The molecule has 22 heavy (non-hydrogen) atoms. The van der Waals surface area contributed by atoms with Crippen LogP contribution in [0.2, 0.25) is 0 Å². The number of hydrogen-bond acceptors (Lipinski definition) is 2. The van der Waals surface area contributed by atoms with Crippen LogP contribution >= 0.6 is 11.3 Å². The standard InChI is InChI=1S/C12H5F8NS/c13-10(14,12(18,19)20)8-4-6(7-2-1-3-22-7)5-9(21-8)11(15,16)17/h1-5H. The van der Waals surface area contributed by atoms with Gasteiger partial charge in [0.05, 0.1) is 0 Å². The van der Waals surface area contributed by atoms with Gasteiger partial charge in [-0.15, -0.1) is 11.3 Å². The average Bonchev–Trinajstić information content (AvgIpc) is 2.89. The second-order valence-corrected chi connectivity index (χ2v) is 5.12. The van der Waals surface area contributed by atoms with E-state index in [0.717, 1.165) is 11.3 Å². The van der Waals surface area contributed by atoms with Crippen LogP contribution in [0.25, 0.3) is 10.4 Å². The molecule has 2 aromatic heterocycles. The zero-order valence-electron chi connectivity index (χ0n) is 10.3. The molecule has 0 atom stereocenters. The van der Waals surface area contributed by atoms with Gasteiger partial charge in [-0.2, -0.15) is 35.1 Å². The Morgan fingerprint density at radius 2 is 1.45 bits per heavy atom. The monoisotopic (exact) mass is 347 g/mol. The third kappa shape index (κ3) is 3.06. The molecule has 1 nitrogen and oxygen atoms in total. The first kappa shape index (κ1) is 16.7. The predicted molar refractivity (Wildman–Crippen MR) is 62.5 cm³/mol. The summed E-state index contributed by atoms with van der Waals surface area (Å²) in [7, 11) is 0. The zero-order chi connectivity index (χ0) is 16.8. The Hall–Kier alpha value is -1.71. The van der Waals surface area contributed by atoms with Crippen LogP contribution in [0.4, 0.5) is 35.1 Å². The second-order valence-electron chi connectivity index (χ2n) is 4.17. The summed E-state index contributed by atoms with van der Waals surface area (Å²) >= 11 is 0.901. The summed E-state index contributed by atoms with van der Waals surface area (Å²) in [6.07, 6.45) is -11.2. The van der Waals surface area contributed by atoms with E-state index in [4.69, 9.17) is 0 Å². The van der Waals surface area contributed by atoms with Crippen molar-refractivity contribution < 1.29 is 35.1 Å². The summed E-state index contributed by atoms with van der Waals surface area (Å²) in [6, 6.07) is 3.47. The van der Waals surface area contributed by atoms with Gasteiger partial charge in [0.2, 0.25) is 0 Å². The molecule has 0 N–H and O–H groups in total. The summed E-state index contributed by atoms with van der Waals surface area (Å²) in [4.78, 5) is 2.58. The molecule has 2 aromatic rings. The van der Waals surface area contributed by atoms with Gasteiger partial charge in [-0.1, -0.05) is 6.07 Å². The molecule has 0 fully saturated rings. The van der Waals surface area contributed by atoms with E-state index in [1.165, 1.54) is 17.5 Å². The molecule has 2 heterocycles. The van der Waals surface area contributed by atoms with Gasteiger partial charge in [0.25, 0.3) is 0 Å². The fourth-order valence-electron chi connectivity index (χ4n) is 1.57. The van der Waals surface area contributed by atoms with Crippen LogP contribution in [-0.4, -0.2) is 11.2 Å². The van der Waals surface area contributed by atoms with Crippen molar-refractivity contribution in [1.82, 2.24) is 4.98 Å². The van der Waals surface area contributed by atoms with Crippen LogP contribution in [-0.2, 0) is 12.1 Å². The van der Waals surface area contributed by atoms with E-state index >= 15 is 0 Å². The minimum atomic E-state index is -6.04. The lowest BCUT2D eigenvalue weighted by Crippen LogP contribution is -2.35. The van der Waals surface area contributed by atoms with E-state index in [0.29, 0.717) is 12.1 Å². The summed E-state index contributed by atoms with van der Waals surface area (Å²) < 4.78 is 102. The highest BCUT2D eigenvalue weighted by Gasteiger charge is 2.60. The van der Waals surface area contributed by atoms with Crippen LogP contribution in [0, 0.1) is 0 Å². The molecular weight excluding hydrogens is 342 g/mol. The molecule has 0 spiro atoms. The Labute approximate surface area is 122 Å². The molecule has 0 bridgehead atoms. The SMILES string of the molecule is FC(F)(F)c1cc(-c2cccs2)cc(C(F)(F)C(F)(F)F)n1. The molecule has 0 radical (unpaired) electrons. The summed E-state index contributed by atoms with van der Waals surface area (Å²) in [5.74, 6) is -5.49. The smallest absolute Gasteiger partial charge is 0.242 e. The summed E-state index contributed by atoms with van der Waals surface area (Å²) in [5.41, 5.74) is -4.20. The van der Waals surface area contributed by atoms with Crippen LogP contribution in [0.5, 0.6) is 0 Å². The van der Waals surface area contributed by atoms with E-state index < -0.39 is 35.2 Å². The Morgan fingerprint density at radius 3 is 1.91 bits per heavy atom. The molecule has 2 rings (SSSR count). The van der Waals surface area contributed by atoms with E-state index in [1.807, 2.05) is 0 Å². The van der Waals surface area contributed by atoms with Crippen molar-refractivity contribution >= 4 is 11.3 Å². The maximum atomic E-state index is 13.3. The molecule has 10 heteroatoms. The van der Waals surface area contributed by atoms with Gasteiger partial charge in [-0.05, 0) is 29.1 Å². The van der Waals surface area contributed by atoms with Crippen molar-refractivity contribution in [3.8, 4) is 10.4 Å². The van der Waals surface area contributed by atoms with Crippen LogP contribution in [0.15, 0.2) is 29.6 Å². The second kappa shape index (κ2) is 5.18. The van der Waals surface area contributed by atoms with Gasteiger partial charge in [-0.3, -0.25) is 0 Å². The predicted octanol–water partition coefficient (Wildman–Crippen LogP) is 5.48. The van der Waals surface area contributed by atoms with Crippen LogP contribution in [0.3, 0.4) is 0 Å². The normalized spacial score (nSPS) is 13.5. The molecule has 0 unspecified atom stereocenters. The number of pyridine rings is 1. The van der Waals surface area contributed by atoms with E-state index in [-0.39, 0.29) is 4.88 Å². The zero-order valence-corrected chi connectivity index (χ0v) is 11.1. The Bertz CT molecular complexity index is 657. The molecule has 0 aliphatic carbocycles. The number of alkyl halides is 8. The third-order valence-electron chi connectivity index (χ3n) is 2.60. The first-order valence-corrected chi connectivity index (χ1v) is 6.39. The molecular formula is C12H5F8NS. The van der Waals surface area contributed by atoms with E-state index in [2.05, 4.69) is 4.98 Å². The van der Waals surface area contributed by atoms with Crippen molar-refractivity contribution in [1.29, 1.82) is 0 Å². The van der Waals surface area contributed by atoms with Crippen molar-refractivity contribution in [3.63, 3.8) is 0 Å². The van der Waals surface area contributed by atoms with Crippen molar-refractivity contribution in [2.45, 2.75) is 18.3 Å². The van der Waals surface area contributed by atoms with Crippen molar-refractivity contribution in [2.75, 3.05) is 0 Å². The summed E-state index contributed by atoms with van der Waals surface area (Å²) in [6.45, 7) is 0. The maximum absolute atomic E-state index is 13.3. The van der Waals surface area contributed by atoms with Gasteiger partial charge in [0.1, 0.15) is 11.4 Å². The number of nitrogens with zero attached hydrogens (tertiary/aromatic N) is 1. The molecule has 0 aromatic carbocycles. The van der Waals surface area contributed by atoms with Gasteiger partial charge >= 0.3 is 18.3 Å². The fraction of sp³-hybridized carbons (Fsp3) is 0.250. The minimum Gasteiger partial charge on any atom is -0.242 e. The molecule has 0 aliphatic heterocycles. The third-order valence-corrected chi connectivity index (χ3v) is 3.52. The Kier molecular flexibility index (Phi) is 3.92. The average molecular weight is 347 g/mol. The first-order chi connectivity index (χ1) is 9.93. The molecule has 0 saturated carbocycles. The molecule has 120 valence electrons. The van der Waals surface area contributed by atoms with Gasteiger partial charge in [0, 0.05) is 4.88 Å². The number of thiophene rings is 1. The summed E-state index contributed by atoms with van der Waals surface area (Å²) in [5, 5.41) is 1.45. The number of rotatable bonds is 2. The maximum Gasteiger partial charge on any atom is 0.459 e. The van der Waals surface area contributed by atoms with Crippen LogP contribution in [0.1, 0.15) is 11.4 Å². The van der Waals surface area contributed by atoms with E-state index in [1.54, 1.807) is 0 Å². The first-order valence-electron chi connectivity index (χ1n) is 5.51. The number of aromatic nitrogens is 1. The quantitative estimate of drug-likeness (QED) is 0.655. The highest BCUT2D eigenvalue weighted by molar-refractivity contribution is 7.13. The molecule has 0 saturated heterocycles.